The first-order valence-corrected chi connectivity index (χ1v) is 8.96. The molecule has 1 fully saturated rings. The van der Waals surface area contributed by atoms with Gasteiger partial charge in [-0.1, -0.05) is 30.3 Å². The molecule has 0 bridgehead atoms. The summed E-state index contributed by atoms with van der Waals surface area (Å²) >= 11 is 0. The minimum atomic E-state index is -2.34. The normalized spacial score (nSPS) is 25.8. The SMILES string of the molecule is COC(=O)C1(C(=O)OC)[C@H](O)C[C@@H](c2ccccc2)[C@@H]([N+](=O)[O-])[C@@H]1c1ccco1. The van der Waals surface area contributed by atoms with E-state index in [9.17, 15) is 24.8 Å². The van der Waals surface area contributed by atoms with Crippen molar-refractivity contribution in [1.82, 2.24) is 0 Å². The second-order valence-electron chi connectivity index (χ2n) is 6.89. The summed E-state index contributed by atoms with van der Waals surface area (Å²) in [4.78, 5) is 37.4. The van der Waals surface area contributed by atoms with Gasteiger partial charge in [-0.15, -0.1) is 0 Å². The molecule has 3 rings (SSSR count). The molecule has 1 heterocycles. The van der Waals surface area contributed by atoms with E-state index in [-0.39, 0.29) is 12.2 Å². The lowest BCUT2D eigenvalue weighted by Gasteiger charge is -2.45. The predicted octanol–water partition coefficient (Wildman–Crippen LogP) is 1.89. The fourth-order valence-corrected chi connectivity index (χ4v) is 4.38. The Morgan fingerprint density at radius 3 is 2.24 bits per heavy atom. The van der Waals surface area contributed by atoms with E-state index in [0.717, 1.165) is 14.2 Å². The van der Waals surface area contributed by atoms with Crippen molar-refractivity contribution in [2.75, 3.05) is 14.2 Å². The number of nitro groups is 1. The zero-order valence-corrected chi connectivity index (χ0v) is 15.9. The maximum Gasteiger partial charge on any atom is 0.326 e. The molecular formula is C20H21NO8. The summed E-state index contributed by atoms with van der Waals surface area (Å²) in [5.41, 5.74) is -1.74. The minimum Gasteiger partial charge on any atom is -0.469 e. The van der Waals surface area contributed by atoms with E-state index in [1.54, 1.807) is 30.3 Å². The molecule has 0 radical (unpaired) electrons. The fraction of sp³-hybridized carbons (Fsp3) is 0.400. The summed E-state index contributed by atoms with van der Waals surface area (Å²) in [5, 5.41) is 23.3. The van der Waals surface area contributed by atoms with Crippen LogP contribution in [0.2, 0.25) is 0 Å². The first-order chi connectivity index (χ1) is 13.9. The number of carbonyl (C=O) groups excluding carboxylic acids is 2. The number of nitrogens with zero attached hydrogens (tertiary/aromatic N) is 1. The standard InChI is InChI=1S/C20H21NO8/c1-27-18(23)20(19(24)28-2)15(22)11-13(12-7-4-3-5-8-12)17(21(25)26)16(20)14-9-6-10-29-14/h3-10,13,15-17,22H,11H2,1-2H3/t13-,15+,16-,17+/m0/s1. The number of aliphatic hydroxyl groups is 1. The number of aliphatic hydroxyl groups excluding tert-OH is 1. The number of hydrogen-bond donors (Lipinski definition) is 1. The van der Waals surface area contributed by atoms with Gasteiger partial charge in [-0.2, -0.15) is 0 Å². The predicted molar refractivity (Wildman–Crippen MR) is 98.5 cm³/mol. The second kappa shape index (κ2) is 8.04. The van der Waals surface area contributed by atoms with Gasteiger partial charge in [0, 0.05) is 4.92 Å². The molecule has 1 aliphatic rings. The summed E-state index contributed by atoms with van der Waals surface area (Å²) in [7, 11) is 2.09. The van der Waals surface area contributed by atoms with Crippen molar-refractivity contribution < 1.29 is 33.5 Å². The van der Waals surface area contributed by atoms with E-state index < -0.39 is 46.3 Å². The second-order valence-corrected chi connectivity index (χ2v) is 6.89. The van der Waals surface area contributed by atoms with E-state index in [1.807, 2.05) is 0 Å². The molecule has 4 atom stereocenters. The largest absolute Gasteiger partial charge is 0.469 e. The molecule has 0 spiro atoms. The number of benzene rings is 1. The smallest absolute Gasteiger partial charge is 0.326 e. The van der Waals surface area contributed by atoms with Crippen LogP contribution in [0.1, 0.15) is 29.6 Å². The zero-order valence-electron chi connectivity index (χ0n) is 15.9. The number of esters is 2. The molecule has 1 aliphatic carbocycles. The van der Waals surface area contributed by atoms with E-state index >= 15 is 0 Å². The molecule has 9 nitrogen and oxygen atoms in total. The first-order valence-electron chi connectivity index (χ1n) is 8.96. The van der Waals surface area contributed by atoms with Gasteiger partial charge < -0.3 is 19.0 Å². The lowest BCUT2D eigenvalue weighted by atomic mass is 9.57. The van der Waals surface area contributed by atoms with Gasteiger partial charge in [0.1, 0.15) is 11.7 Å². The molecule has 154 valence electrons. The van der Waals surface area contributed by atoms with Gasteiger partial charge in [0.15, 0.2) is 0 Å². The van der Waals surface area contributed by atoms with Crippen molar-refractivity contribution in [2.45, 2.75) is 30.4 Å². The number of carbonyl (C=O) groups is 2. The summed E-state index contributed by atoms with van der Waals surface area (Å²) in [6, 6.07) is 10.1. The van der Waals surface area contributed by atoms with Gasteiger partial charge in [0.25, 0.3) is 0 Å². The molecule has 9 heteroatoms. The number of furan rings is 1. The number of hydrogen-bond acceptors (Lipinski definition) is 8. The van der Waals surface area contributed by atoms with Crippen molar-refractivity contribution >= 4 is 11.9 Å². The summed E-state index contributed by atoms with van der Waals surface area (Å²) < 4.78 is 15.0. The van der Waals surface area contributed by atoms with Gasteiger partial charge in [0.2, 0.25) is 11.5 Å². The van der Waals surface area contributed by atoms with Crippen molar-refractivity contribution in [3.8, 4) is 0 Å². The van der Waals surface area contributed by atoms with E-state index in [0.29, 0.717) is 5.56 Å². The average Bonchev–Trinajstić information content (AvgIpc) is 3.26. The van der Waals surface area contributed by atoms with Crippen LogP contribution in [0.25, 0.3) is 0 Å². The zero-order chi connectivity index (χ0) is 21.2. The van der Waals surface area contributed by atoms with Crippen molar-refractivity contribution in [3.05, 3.63) is 70.2 Å². The number of methoxy groups -OCH3 is 2. The highest BCUT2D eigenvalue weighted by atomic mass is 16.6. The third-order valence-electron chi connectivity index (χ3n) is 5.61. The van der Waals surface area contributed by atoms with E-state index in [2.05, 4.69) is 0 Å². The third kappa shape index (κ3) is 3.17. The molecule has 0 amide bonds. The van der Waals surface area contributed by atoms with Crippen LogP contribution >= 0.6 is 0 Å². The molecule has 1 aromatic carbocycles. The Bertz CT molecular complexity index is 863. The molecule has 0 saturated heterocycles. The number of ether oxygens (including phenoxy) is 2. The molecule has 29 heavy (non-hydrogen) atoms. The Morgan fingerprint density at radius 1 is 1.14 bits per heavy atom. The van der Waals surface area contributed by atoms with Crippen LogP contribution in [0.15, 0.2) is 53.1 Å². The molecule has 0 aliphatic heterocycles. The Morgan fingerprint density at radius 2 is 1.76 bits per heavy atom. The third-order valence-corrected chi connectivity index (χ3v) is 5.61. The van der Waals surface area contributed by atoms with Crippen LogP contribution in [0.3, 0.4) is 0 Å². The Hall–Kier alpha value is -3.20. The highest BCUT2D eigenvalue weighted by Crippen LogP contribution is 2.54. The Kier molecular flexibility index (Phi) is 5.69. The van der Waals surface area contributed by atoms with Crippen molar-refractivity contribution in [3.63, 3.8) is 0 Å². The van der Waals surface area contributed by atoms with Gasteiger partial charge in [-0.25, -0.2) is 0 Å². The molecule has 2 aromatic rings. The summed E-state index contributed by atoms with van der Waals surface area (Å²) in [6.45, 7) is 0. The van der Waals surface area contributed by atoms with Gasteiger partial charge >= 0.3 is 11.9 Å². The van der Waals surface area contributed by atoms with Crippen LogP contribution in [0, 0.1) is 15.5 Å². The highest BCUT2D eigenvalue weighted by molar-refractivity contribution is 6.02. The number of rotatable bonds is 5. The maximum absolute atomic E-state index is 12.9. The fourth-order valence-electron chi connectivity index (χ4n) is 4.38. The van der Waals surface area contributed by atoms with E-state index in [1.165, 1.54) is 18.4 Å². The topological polar surface area (TPSA) is 129 Å². The van der Waals surface area contributed by atoms with Crippen LogP contribution in [0.5, 0.6) is 0 Å². The monoisotopic (exact) mass is 403 g/mol. The molecule has 1 saturated carbocycles. The lowest BCUT2D eigenvalue weighted by Crippen LogP contribution is -2.62. The van der Waals surface area contributed by atoms with Crippen LogP contribution in [0.4, 0.5) is 0 Å². The quantitative estimate of drug-likeness (QED) is 0.347. The first kappa shape index (κ1) is 20.5. The lowest BCUT2D eigenvalue weighted by molar-refractivity contribution is -0.538. The van der Waals surface area contributed by atoms with E-state index in [4.69, 9.17) is 13.9 Å². The maximum atomic E-state index is 12.9. The van der Waals surface area contributed by atoms with Crippen LogP contribution < -0.4 is 0 Å². The highest BCUT2D eigenvalue weighted by Gasteiger charge is 2.70. The summed E-state index contributed by atoms with van der Waals surface area (Å²) in [5.74, 6) is -4.43. The van der Waals surface area contributed by atoms with Gasteiger partial charge in [-0.3, -0.25) is 19.7 Å². The minimum absolute atomic E-state index is 0.0159. The Labute approximate surface area is 166 Å². The van der Waals surface area contributed by atoms with Gasteiger partial charge in [-0.05, 0) is 24.1 Å². The molecule has 1 N–H and O–H groups in total. The summed E-state index contributed by atoms with van der Waals surface area (Å²) in [6.07, 6.45) is -0.528. The van der Waals surface area contributed by atoms with Crippen molar-refractivity contribution in [1.29, 1.82) is 0 Å². The van der Waals surface area contributed by atoms with Gasteiger partial charge in [0.05, 0.1) is 32.5 Å². The molecular weight excluding hydrogens is 382 g/mol. The molecule has 0 unspecified atom stereocenters. The average molecular weight is 403 g/mol. The van der Waals surface area contributed by atoms with Crippen molar-refractivity contribution in [2.24, 2.45) is 5.41 Å². The molecule has 1 aromatic heterocycles. The Balaban J connectivity index is 2.29. The van der Waals surface area contributed by atoms with Crippen LogP contribution in [-0.4, -0.2) is 48.3 Å². The van der Waals surface area contributed by atoms with Crippen LogP contribution in [-0.2, 0) is 19.1 Å².